The summed E-state index contributed by atoms with van der Waals surface area (Å²) in [5.74, 6) is 0.816. The highest BCUT2D eigenvalue weighted by molar-refractivity contribution is 5.95. The van der Waals surface area contributed by atoms with Crippen LogP contribution in [0.3, 0.4) is 0 Å². The number of aromatic nitrogens is 3. The van der Waals surface area contributed by atoms with Crippen LogP contribution in [0.2, 0.25) is 0 Å². The van der Waals surface area contributed by atoms with Crippen molar-refractivity contribution in [3.05, 3.63) is 48.2 Å². The molecule has 2 heterocycles. The zero-order valence-corrected chi connectivity index (χ0v) is 16.5. The summed E-state index contributed by atoms with van der Waals surface area (Å²) in [7, 11) is 0. The minimum atomic E-state index is -0.434. The first kappa shape index (κ1) is 21.1. The molecule has 1 fully saturated rings. The number of benzene rings is 1. The van der Waals surface area contributed by atoms with Crippen LogP contribution in [0.4, 0.5) is 16.0 Å². The van der Waals surface area contributed by atoms with E-state index in [1.807, 2.05) is 31.2 Å². The topological polar surface area (TPSA) is 120 Å². The number of nitrogens with zero attached hydrogens (tertiary/aromatic N) is 3. The predicted octanol–water partition coefficient (Wildman–Crippen LogP) is 3.27. The lowest BCUT2D eigenvalue weighted by molar-refractivity contribution is -0.191. The highest BCUT2D eigenvalue weighted by Gasteiger charge is 2.23. The molecule has 0 spiro atoms. The van der Waals surface area contributed by atoms with Crippen LogP contribution >= 0.6 is 0 Å². The van der Waals surface area contributed by atoms with Crippen molar-refractivity contribution in [2.45, 2.75) is 44.8 Å². The van der Waals surface area contributed by atoms with Gasteiger partial charge < -0.3 is 15.8 Å². The molecule has 156 valence electrons. The minimum Gasteiger partial charge on any atom is -0.490 e. The van der Waals surface area contributed by atoms with Crippen molar-refractivity contribution in [3.63, 3.8) is 0 Å². The molecule has 0 atom stereocenters. The smallest absolute Gasteiger partial charge is 0.373 e. The molecule has 9 heteroatoms. The Morgan fingerprint density at radius 2 is 1.83 bits per heavy atom. The monoisotopic (exact) mass is 411 g/mol. The molecule has 1 aliphatic carbocycles. The van der Waals surface area contributed by atoms with E-state index in [-0.39, 0.29) is 18.3 Å². The Morgan fingerprint density at radius 3 is 2.50 bits per heavy atom. The number of rotatable bonds is 4. The summed E-state index contributed by atoms with van der Waals surface area (Å²) in [4.78, 5) is 28.7. The molecule has 0 saturated heterocycles. The maximum atomic E-state index is 12.9. The van der Waals surface area contributed by atoms with Crippen molar-refractivity contribution in [2.24, 2.45) is 0 Å². The van der Waals surface area contributed by atoms with Crippen LogP contribution in [0.5, 0.6) is 5.75 Å². The Morgan fingerprint density at radius 1 is 1.17 bits per heavy atom. The van der Waals surface area contributed by atoms with Crippen molar-refractivity contribution < 1.29 is 18.7 Å². The number of nitrogen functional groups attached to an aromatic ring is 1. The molecule has 0 aliphatic heterocycles. The number of nitrogens with one attached hydrogen (secondary N) is 1. The number of ether oxygens (including phenoxy) is 1. The van der Waals surface area contributed by atoms with Crippen LogP contribution in [0.25, 0.3) is 10.9 Å². The fourth-order valence-corrected chi connectivity index (χ4v) is 3.59. The Hall–Kier alpha value is -3.58. The van der Waals surface area contributed by atoms with Crippen molar-refractivity contribution >= 4 is 28.7 Å². The predicted molar refractivity (Wildman–Crippen MR) is 108 cm³/mol. The van der Waals surface area contributed by atoms with E-state index in [9.17, 15) is 4.39 Å². The number of carbonyl (C=O) groups excluding carboxylic acids is 2. The fraction of sp³-hybridized carbons (Fsp3) is 0.333. The van der Waals surface area contributed by atoms with E-state index in [0.29, 0.717) is 11.6 Å². The molecule has 1 saturated carbocycles. The largest absolute Gasteiger partial charge is 0.490 e. The van der Waals surface area contributed by atoms with Crippen molar-refractivity contribution in [3.8, 4) is 5.75 Å². The molecule has 4 rings (SSSR count). The van der Waals surface area contributed by atoms with Crippen molar-refractivity contribution in [1.29, 1.82) is 0 Å². The molecule has 0 amide bonds. The molecule has 1 aromatic carbocycles. The zero-order valence-electron chi connectivity index (χ0n) is 16.5. The van der Waals surface area contributed by atoms with Crippen LogP contribution in [0.15, 0.2) is 36.7 Å². The molecule has 0 radical (unpaired) electrons. The second-order valence-electron chi connectivity index (χ2n) is 7.05. The van der Waals surface area contributed by atoms with Crippen LogP contribution in [0.1, 0.15) is 31.4 Å². The number of hydrogen-bond donors (Lipinski definition) is 2. The van der Waals surface area contributed by atoms with Gasteiger partial charge in [0, 0.05) is 17.4 Å². The lowest BCUT2D eigenvalue weighted by Gasteiger charge is -2.30. The first-order chi connectivity index (χ1) is 14.5. The quantitative estimate of drug-likeness (QED) is 0.671. The summed E-state index contributed by atoms with van der Waals surface area (Å²) < 4.78 is 19.2. The number of fused-ring (bicyclic) bond motifs is 1. The number of hydrogen-bond acceptors (Lipinski definition) is 8. The summed E-state index contributed by atoms with van der Waals surface area (Å²) in [6, 6.07) is 7.99. The lowest BCUT2D eigenvalue weighted by Crippen LogP contribution is -2.31. The standard InChI is InChI=1S/C20H22FN5O.CO2/c1-12-9-16(22)19-17(25-12)3-2-4-18(19)27-15-7-5-14(6-8-15)26-20-23-10-13(21)11-24-20;2-1-3/h2-4,9-11,14-15H,5-8H2,1H3,(H2,22,25)(H,23,24,26);. The Bertz CT molecular complexity index is 1030. The van der Waals surface area contributed by atoms with Crippen molar-refractivity contribution in [1.82, 2.24) is 15.0 Å². The normalized spacial score (nSPS) is 18.1. The van der Waals surface area contributed by atoms with E-state index in [4.69, 9.17) is 20.1 Å². The SMILES string of the molecule is Cc1cc(N)c2c(OC3CCC(Nc4ncc(F)cn4)CC3)cccc2n1.O=C=O. The van der Waals surface area contributed by atoms with Gasteiger partial charge in [-0.3, -0.25) is 4.98 Å². The first-order valence-electron chi connectivity index (χ1n) is 9.56. The third kappa shape index (κ3) is 5.27. The molecule has 30 heavy (non-hydrogen) atoms. The summed E-state index contributed by atoms with van der Waals surface area (Å²) in [6.07, 6.45) is 6.41. The molecule has 8 nitrogen and oxygen atoms in total. The fourth-order valence-electron chi connectivity index (χ4n) is 3.59. The third-order valence-corrected chi connectivity index (χ3v) is 4.88. The van der Waals surface area contributed by atoms with Gasteiger partial charge in [-0.05, 0) is 50.8 Å². The lowest BCUT2D eigenvalue weighted by atomic mass is 9.93. The molecule has 1 aliphatic rings. The summed E-state index contributed by atoms with van der Waals surface area (Å²) in [5, 5.41) is 4.14. The average Bonchev–Trinajstić information content (AvgIpc) is 2.71. The van der Waals surface area contributed by atoms with Gasteiger partial charge in [0.1, 0.15) is 5.75 Å². The van der Waals surface area contributed by atoms with Crippen LogP contribution in [-0.4, -0.2) is 33.2 Å². The van der Waals surface area contributed by atoms with E-state index in [0.717, 1.165) is 48.0 Å². The van der Waals surface area contributed by atoms with Gasteiger partial charge in [-0.15, -0.1) is 0 Å². The number of aryl methyl sites for hydroxylation is 1. The Balaban J connectivity index is 0.000000806. The molecule has 3 N–H and O–H groups in total. The second-order valence-corrected chi connectivity index (χ2v) is 7.05. The maximum absolute atomic E-state index is 12.9. The van der Waals surface area contributed by atoms with E-state index in [1.54, 1.807) is 0 Å². The Kier molecular flexibility index (Phi) is 6.87. The zero-order chi connectivity index (χ0) is 21.5. The van der Waals surface area contributed by atoms with Crippen LogP contribution in [-0.2, 0) is 9.59 Å². The third-order valence-electron chi connectivity index (χ3n) is 4.88. The molecular formula is C21H22FN5O3. The van der Waals surface area contributed by atoms with Crippen LogP contribution in [0, 0.1) is 12.7 Å². The van der Waals surface area contributed by atoms with Gasteiger partial charge in [0.15, 0.2) is 5.82 Å². The van der Waals surface area contributed by atoms with E-state index in [1.165, 1.54) is 12.4 Å². The number of pyridine rings is 1. The van der Waals surface area contributed by atoms with Gasteiger partial charge in [0.25, 0.3) is 0 Å². The summed E-state index contributed by atoms with van der Waals surface area (Å²) in [6.45, 7) is 1.93. The molecule has 0 bridgehead atoms. The van der Waals surface area contributed by atoms with Gasteiger partial charge >= 0.3 is 6.15 Å². The van der Waals surface area contributed by atoms with Gasteiger partial charge in [0.2, 0.25) is 5.95 Å². The minimum absolute atomic E-state index is 0.128. The highest BCUT2D eigenvalue weighted by atomic mass is 19.1. The number of anilines is 2. The maximum Gasteiger partial charge on any atom is 0.373 e. The highest BCUT2D eigenvalue weighted by Crippen LogP contribution is 2.33. The average molecular weight is 411 g/mol. The molecule has 3 aromatic rings. The van der Waals surface area contributed by atoms with Crippen LogP contribution < -0.4 is 15.8 Å². The molecule has 0 unspecified atom stereocenters. The molecule has 2 aromatic heterocycles. The van der Waals surface area contributed by atoms with E-state index >= 15 is 0 Å². The summed E-state index contributed by atoms with van der Waals surface area (Å²) in [5.41, 5.74) is 8.65. The summed E-state index contributed by atoms with van der Waals surface area (Å²) >= 11 is 0. The van der Waals surface area contributed by atoms with Gasteiger partial charge in [-0.1, -0.05) is 6.07 Å². The first-order valence-corrected chi connectivity index (χ1v) is 9.56. The van der Waals surface area contributed by atoms with Crippen molar-refractivity contribution in [2.75, 3.05) is 11.1 Å². The van der Waals surface area contributed by atoms with E-state index < -0.39 is 5.82 Å². The second kappa shape index (κ2) is 9.76. The van der Waals surface area contributed by atoms with Gasteiger partial charge in [0.05, 0.1) is 29.4 Å². The number of halogens is 1. The number of nitrogens with two attached hydrogens (primary N) is 1. The Labute approximate surface area is 172 Å². The van der Waals surface area contributed by atoms with Gasteiger partial charge in [-0.25, -0.2) is 14.4 Å². The molecular weight excluding hydrogens is 389 g/mol. The van der Waals surface area contributed by atoms with E-state index in [2.05, 4.69) is 20.3 Å². The van der Waals surface area contributed by atoms with Gasteiger partial charge in [-0.2, -0.15) is 9.59 Å².